The summed E-state index contributed by atoms with van der Waals surface area (Å²) in [4.78, 5) is 9.61. The lowest BCUT2D eigenvalue weighted by Gasteiger charge is -2.07. The quantitative estimate of drug-likeness (QED) is 0.228. The third kappa shape index (κ3) is 4.76. The van der Waals surface area contributed by atoms with E-state index in [2.05, 4.69) is 48.5 Å². The molecule has 6 rings (SSSR count). The zero-order chi connectivity index (χ0) is 25.2. The standard InChI is InChI=1S/C32H24ClN3O/c1-2-5-21-8-10-22(11-9-21)23-12-14-25(15-13-23)31-35-32(37-36-31)28-20-30(24-16-18-26(33)19-17-24)34-29-7-4-3-6-27(28)29/h3-4,6-20H,2,5H2,1H3. The Bertz CT molecular complexity index is 1670. The number of hydrogen-bond donors (Lipinski definition) is 0. The molecule has 4 nitrogen and oxygen atoms in total. The average Bonchev–Trinajstić information content (AvgIpc) is 3.44. The highest BCUT2D eigenvalue weighted by atomic mass is 35.5. The molecular weight excluding hydrogens is 478 g/mol. The van der Waals surface area contributed by atoms with E-state index >= 15 is 0 Å². The molecule has 5 heteroatoms. The monoisotopic (exact) mass is 501 g/mol. The van der Waals surface area contributed by atoms with Crippen LogP contribution < -0.4 is 0 Å². The van der Waals surface area contributed by atoms with Gasteiger partial charge in [-0.1, -0.05) is 109 Å². The van der Waals surface area contributed by atoms with Crippen molar-refractivity contribution >= 4 is 22.5 Å². The van der Waals surface area contributed by atoms with E-state index in [9.17, 15) is 0 Å². The number of aromatic nitrogens is 3. The Kier molecular flexibility index (Phi) is 6.25. The summed E-state index contributed by atoms with van der Waals surface area (Å²) in [5, 5.41) is 5.94. The average molecular weight is 502 g/mol. The number of nitrogens with zero attached hydrogens (tertiary/aromatic N) is 3. The molecule has 2 heterocycles. The number of para-hydroxylation sites is 1. The van der Waals surface area contributed by atoms with E-state index < -0.39 is 0 Å². The zero-order valence-electron chi connectivity index (χ0n) is 20.4. The van der Waals surface area contributed by atoms with Crippen molar-refractivity contribution in [2.75, 3.05) is 0 Å². The normalized spacial score (nSPS) is 11.2. The molecule has 0 bridgehead atoms. The van der Waals surface area contributed by atoms with Crippen LogP contribution in [-0.4, -0.2) is 15.1 Å². The summed E-state index contributed by atoms with van der Waals surface area (Å²) in [7, 11) is 0. The summed E-state index contributed by atoms with van der Waals surface area (Å²) < 4.78 is 5.76. The summed E-state index contributed by atoms with van der Waals surface area (Å²) in [6.45, 7) is 2.20. The van der Waals surface area contributed by atoms with E-state index in [0.717, 1.165) is 51.7 Å². The van der Waals surface area contributed by atoms with Gasteiger partial charge in [0.1, 0.15) is 0 Å². The predicted molar refractivity (Wildman–Crippen MR) is 150 cm³/mol. The van der Waals surface area contributed by atoms with Crippen LogP contribution in [0.15, 0.2) is 108 Å². The molecule has 0 saturated heterocycles. The van der Waals surface area contributed by atoms with Crippen molar-refractivity contribution < 1.29 is 4.52 Å². The van der Waals surface area contributed by atoms with Gasteiger partial charge in [0.2, 0.25) is 5.82 Å². The van der Waals surface area contributed by atoms with Crippen LogP contribution in [-0.2, 0) is 6.42 Å². The first-order valence-corrected chi connectivity index (χ1v) is 12.8. The molecule has 0 fully saturated rings. The van der Waals surface area contributed by atoms with E-state index in [1.54, 1.807) is 0 Å². The van der Waals surface area contributed by atoms with Gasteiger partial charge < -0.3 is 4.52 Å². The summed E-state index contributed by atoms with van der Waals surface area (Å²) >= 11 is 6.09. The van der Waals surface area contributed by atoms with Crippen molar-refractivity contribution in [3.63, 3.8) is 0 Å². The van der Waals surface area contributed by atoms with Gasteiger partial charge in [0.25, 0.3) is 5.89 Å². The van der Waals surface area contributed by atoms with Crippen LogP contribution in [0.1, 0.15) is 18.9 Å². The first kappa shape index (κ1) is 23.1. The summed E-state index contributed by atoms with van der Waals surface area (Å²) in [6, 6.07) is 34.6. The molecule has 6 aromatic rings. The second-order valence-electron chi connectivity index (χ2n) is 9.03. The Labute approximate surface area is 220 Å². The Morgan fingerprint density at radius 1 is 0.703 bits per heavy atom. The summed E-state index contributed by atoms with van der Waals surface area (Å²) in [5.41, 5.74) is 8.11. The molecule has 4 aromatic carbocycles. The van der Waals surface area contributed by atoms with Crippen molar-refractivity contribution in [3.05, 3.63) is 114 Å². The lowest BCUT2D eigenvalue weighted by atomic mass is 10.0. The fourth-order valence-corrected chi connectivity index (χ4v) is 4.66. The summed E-state index contributed by atoms with van der Waals surface area (Å²) in [6.07, 6.45) is 2.26. The number of halogens is 1. The maximum Gasteiger partial charge on any atom is 0.259 e. The highest BCUT2D eigenvalue weighted by Crippen LogP contribution is 2.33. The van der Waals surface area contributed by atoms with Crippen LogP contribution in [0.25, 0.3) is 56.1 Å². The van der Waals surface area contributed by atoms with Gasteiger partial charge in [0.05, 0.1) is 16.8 Å². The van der Waals surface area contributed by atoms with Gasteiger partial charge in [-0.2, -0.15) is 4.98 Å². The largest absolute Gasteiger partial charge is 0.334 e. The van der Waals surface area contributed by atoms with Crippen LogP contribution in [0.4, 0.5) is 0 Å². The molecule has 0 aliphatic carbocycles. The summed E-state index contributed by atoms with van der Waals surface area (Å²) in [5.74, 6) is 1.01. The number of pyridine rings is 1. The molecule has 0 aliphatic heterocycles. The van der Waals surface area contributed by atoms with E-state index in [4.69, 9.17) is 26.1 Å². The molecule has 0 N–H and O–H groups in total. The molecule has 0 aliphatic rings. The Morgan fingerprint density at radius 2 is 1.35 bits per heavy atom. The van der Waals surface area contributed by atoms with Crippen LogP contribution in [0.5, 0.6) is 0 Å². The fraction of sp³-hybridized carbons (Fsp3) is 0.0938. The van der Waals surface area contributed by atoms with Crippen molar-refractivity contribution in [1.82, 2.24) is 15.1 Å². The third-order valence-corrected chi connectivity index (χ3v) is 6.73. The third-order valence-electron chi connectivity index (χ3n) is 6.48. The smallest absolute Gasteiger partial charge is 0.259 e. The van der Waals surface area contributed by atoms with Gasteiger partial charge in [-0.15, -0.1) is 0 Å². The van der Waals surface area contributed by atoms with Crippen molar-refractivity contribution in [1.29, 1.82) is 0 Å². The molecule has 0 saturated carbocycles. The second kappa shape index (κ2) is 10.00. The van der Waals surface area contributed by atoms with Crippen molar-refractivity contribution in [2.45, 2.75) is 19.8 Å². The molecule has 0 atom stereocenters. The van der Waals surface area contributed by atoms with Crippen LogP contribution in [0.2, 0.25) is 5.02 Å². The van der Waals surface area contributed by atoms with Crippen LogP contribution >= 0.6 is 11.6 Å². The molecule has 37 heavy (non-hydrogen) atoms. The van der Waals surface area contributed by atoms with Gasteiger partial charge in [0, 0.05) is 21.5 Å². The minimum Gasteiger partial charge on any atom is -0.334 e. The molecule has 2 aromatic heterocycles. The maximum absolute atomic E-state index is 6.09. The van der Waals surface area contributed by atoms with E-state index in [0.29, 0.717) is 16.7 Å². The number of aryl methyl sites for hydroxylation is 1. The second-order valence-corrected chi connectivity index (χ2v) is 9.46. The molecule has 0 unspecified atom stereocenters. The lowest BCUT2D eigenvalue weighted by molar-refractivity contribution is 0.432. The molecule has 0 radical (unpaired) electrons. The van der Waals surface area contributed by atoms with E-state index in [-0.39, 0.29) is 0 Å². The minimum atomic E-state index is 0.458. The van der Waals surface area contributed by atoms with Crippen molar-refractivity contribution in [3.8, 4) is 45.2 Å². The number of rotatable bonds is 6. The first-order valence-electron chi connectivity index (χ1n) is 12.4. The Balaban J connectivity index is 1.33. The molecule has 0 amide bonds. The number of benzene rings is 4. The topological polar surface area (TPSA) is 51.8 Å². The van der Waals surface area contributed by atoms with Crippen LogP contribution in [0.3, 0.4) is 0 Å². The van der Waals surface area contributed by atoms with Gasteiger partial charge in [-0.05, 0) is 47.4 Å². The predicted octanol–water partition coefficient (Wildman–Crippen LogP) is 8.89. The van der Waals surface area contributed by atoms with Crippen molar-refractivity contribution in [2.24, 2.45) is 0 Å². The van der Waals surface area contributed by atoms with Crippen LogP contribution in [0, 0.1) is 0 Å². The van der Waals surface area contributed by atoms with Gasteiger partial charge in [-0.25, -0.2) is 4.98 Å². The highest BCUT2D eigenvalue weighted by Gasteiger charge is 2.16. The number of fused-ring (bicyclic) bond motifs is 1. The fourth-order valence-electron chi connectivity index (χ4n) is 4.54. The van der Waals surface area contributed by atoms with Gasteiger partial charge in [0.15, 0.2) is 0 Å². The van der Waals surface area contributed by atoms with E-state index in [1.807, 2.05) is 66.7 Å². The molecular formula is C32H24ClN3O. The molecule has 180 valence electrons. The Hall–Kier alpha value is -4.28. The maximum atomic E-state index is 6.09. The number of hydrogen-bond acceptors (Lipinski definition) is 4. The Morgan fingerprint density at radius 3 is 2.08 bits per heavy atom. The highest BCUT2D eigenvalue weighted by molar-refractivity contribution is 6.30. The lowest BCUT2D eigenvalue weighted by Crippen LogP contribution is -1.90. The molecule has 0 spiro atoms. The van der Waals surface area contributed by atoms with E-state index in [1.165, 1.54) is 11.1 Å². The van der Waals surface area contributed by atoms with Gasteiger partial charge >= 0.3 is 0 Å². The SMILES string of the molecule is CCCc1ccc(-c2ccc(-c3noc(-c4cc(-c5ccc(Cl)cc5)nc5ccccc45)n3)cc2)cc1. The minimum absolute atomic E-state index is 0.458. The first-order chi connectivity index (χ1) is 18.2. The van der Waals surface area contributed by atoms with Gasteiger partial charge in [-0.3, -0.25) is 0 Å². The zero-order valence-corrected chi connectivity index (χ0v) is 21.1.